The molecule has 0 aliphatic heterocycles. The maximum absolute atomic E-state index is 11.3. The summed E-state index contributed by atoms with van der Waals surface area (Å²) >= 11 is 0. The lowest BCUT2D eigenvalue weighted by Gasteiger charge is -2.04. The molecule has 0 radical (unpaired) electrons. The van der Waals surface area contributed by atoms with Crippen molar-refractivity contribution in [3.05, 3.63) is 53.3 Å². The first-order chi connectivity index (χ1) is 9.26. The first-order valence-electron chi connectivity index (χ1n) is 6.39. The molecule has 1 heterocycles. The van der Waals surface area contributed by atoms with Crippen LogP contribution in [0, 0.1) is 0 Å². The number of aromatic nitrogens is 2. The van der Waals surface area contributed by atoms with Crippen molar-refractivity contribution >= 4 is 5.91 Å². The van der Waals surface area contributed by atoms with Crippen LogP contribution < -0.4 is 11.3 Å². The topological polar surface area (TPSA) is 72.9 Å². The lowest BCUT2D eigenvalue weighted by molar-refractivity contribution is 0.0953. The number of nitrogens with two attached hydrogens (primary N) is 1. The molecular weight excluding hydrogens is 240 g/mol. The molecule has 0 spiro atoms. The van der Waals surface area contributed by atoms with Gasteiger partial charge in [0.05, 0.1) is 12.2 Å². The number of hydrogen-bond acceptors (Lipinski definition) is 3. The largest absolute Gasteiger partial charge is 0.290 e. The van der Waals surface area contributed by atoms with Gasteiger partial charge in [-0.2, -0.15) is 5.10 Å². The summed E-state index contributed by atoms with van der Waals surface area (Å²) < 4.78 is 1.94. The third-order valence-electron chi connectivity index (χ3n) is 3.35. The first-order valence-corrected chi connectivity index (χ1v) is 6.39. The van der Waals surface area contributed by atoms with Gasteiger partial charge < -0.3 is 0 Å². The molecule has 5 nitrogen and oxygen atoms in total. The molecule has 19 heavy (non-hydrogen) atoms. The Bertz CT molecular complexity index is 584. The van der Waals surface area contributed by atoms with Crippen LogP contribution in [0.5, 0.6) is 0 Å². The highest BCUT2D eigenvalue weighted by Gasteiger charge is 2.25. The lowest BCUT2D eigenvalue weighted by Crippen LogP contribution is -2.29. The second-order valence-corrected chi connectivity index (χ2v) is 4.88. The summed E-state index contributed by atoms with van der Waals surface area (Å²) in [7, 11) is 0. The molecule has 1 saturated carbocycles. The van der Waals surface area contributed by atoms with Gasteiger partial charge in [-0.05, 0) is 36.6 Å². The van der Waals surface area contributed by atoms with E-state index >= 15 is 0 Å². The number of nitrogen functional groups attached to an aromatic ring is 1. The number of hydrogen-bond donors (Lipinski definition) is 2. The highest BCUT2D eigenvalue weighted by atomic mass is 16.2. The number of hydrazine groups is 1. The Balaban J connectivity index is 1.69. The van der Waals surface area contributed by atoms with E-state index in [1.807, 2.05) is 23.0 Å². The molecule has 3 rings (SSSR count). The third-order valence-corrected chi connectivity index (χ3v) is 3.35. The average Bonchev–Trinajstić information content (AvgIpc) is 3.20. The summed E-state index contributed by atoms with van der Waals surface area (Å²) in [5, 5.41) is 4.56. The molecular formula is C14H16N4O. The molecule has 1 fully saturated rings. The van der Waals surface area contributed by atoms with Crippen LogP contribution >= 0.6 is 0 Å². The van der Waals surface area contributed by atoms with Crippen molar-refractivity contribution < 1.29 is 4.79 Å². The number of rotatable bonds is 4. The highest BCUT2D eigenvalue weighted by Crippen LogP contribution is 2.38. The predicted molar refractivity (Wildman–Crippen MR) is 71.4 cm³/mol. The Morgan fingerprint density at radius 2 is 2.05 bits per heavy atom. The van der Waals surface area contributed by atoms with Crippen LogP contribution in [0.4, 0.5) is 0 Å². The number of carbonyl (C=O) groups excluding carboxylic acids is 1. The molecule has 1 amide bonds. The average molecular weight is 256 g/mol. The minimum Gasteiger partial charge on any atom is -0.290 e. The van der Waals surface area contributed by atoms with Crippen LogP contribution in [0.1, 0.15) is 40.4 Å². The molecule has 1 aromatic carbocycles. The van der Waals surface area contributed by atoms with E-state index in [9.17, 15) is 4.79 Å². The van der Waals surface area contributed by atoms with Gasteiger partial charge in [-0.3, -0.25) is 14.9 Å². The Morgan fingerprint density at radius 1 is 1.32 bits per heavy atom. The van der Waals surface area contributed by atoms with Gasteiger partial charge in [-0.15, -0.1) is 0 Å². The quantitative estimate of drug-likeness (QED) is 0.493. The molecule has 0 bridgehead atoms. The van der Waals surface area contributed by atoms with Gasteiger partial charge in [0.2, 0.25) is 0 Å². The number of carbonyl (C=O) groups is 1. The molecule has 5 heteroatoms. The number of nitrogens with zero attached hydrogens (tertiary/aromatic N) is 2. The van der Waals surface area contributed by atoms with Crippen LogP contribution in [0.3, 0.4) is 0 Å². The summed E-state index contributed by atoms with van der Waals surface area (Å²) in [6.07, 6.45) is 4.54. The standard InChI is InChI=1S/C14H16N4O/c15-16-14(19)12-3-1-10(2-4-12)9-18-8-7-13(17-18)11-5-6-11/h1-4,7-8,11H,5-6,9,15H2,(H,16,19). The van der Waals surface area contributed by atoms with E-state index < -0.39 is 0 Å². The van der Waals surface area contributed by atoms with Crippen molar-refractivity contribution in [3.8, 4) is 0 Å². The van der Waals surface area contributed by atoms with Gasteiger partial charge in [0, 0.05) is 17.7 Å². The lowest BCUT2D eigenvalue weighted by atomic mass is 10.1. The Hall–Kier alpha value is -2.14. The minimum atomic E-state index is -0.276. The SMILES string of the molecule is NNC(=O)c1ccc(Cn2ccc(C3CC3)n2)cc1. The molecule has 1 aliphatic rings. The van der Waals surface area contributed by atoms with Gasteiger partial charge in [-0.1, -0.05) is 12.1 Å². The van der Waals surface area contributed by atoms with E-state index in [1.165, 1.54) is 18.5 Å². The summed E-state index contributed by atoms with van der Waals surface area (Å²) in [6, 6.07) is 9.46. The summed E-state index contributed by atoms with van der Waals surface area (Å²) in [6.45, 7) is 0.719. The fraction of sp³-hybridized carbons (Fsp3) is 0.286. The fourth-order valence-electron chi connectivity index (χ4n) is 2.09. The van der Waals surface area contributed by atoms with Crippen molar-refractivity contribution in [2.75, 3.05) is 0 Å². The normalized spacial score (nSPS) is 14.4. The van der Waals surface area contributed by atoms with Crippen LogP contribution in [0.2, 0.25) is 0 Å². The van der Waals surface area contributed by atoms with Gasteiger partial charge in [0.1, 0.15) is 0 Å². The predicted octanol–water partition coefficient (Wildman–Crippen LogP) is 1.41. The maximum Gasteiger partial charge on any atom is 0.265 e. The van der Waals surface area contributed by atoms with Gasteiger partial charge in [0.15, 0.2) is 0 Å². The van der Waals surface area contributed by atoms with Crippen LogP contribution in [-0.4, -0.2) is 15.7 Å². The third kappa shape index (κ3) is 2.66. The highest BCUT2D eigenvalue weighted by molar-refractivity contribution is 5.93. The monoisotopic (exact) mass is 256 g/mol. The van der Waals surface area contributed by atoms with E-state index in [2.05, 4.69) is 16.6 Å². The van der Waals surface area contributed by atoms with E-state index in [4.69, 9.17) is 5.84 Å². The molecule has 1 aromatic heterocycles. The fourth-order valence-corrected chi connectivity index (χ4v) is 2.09. The molecule has 0 atom stereocenters. The van der Waals surface area contributed by atoms with E-state index in [0.717, 1.165) is 12.1 Å². The zero-order valence-electron chi connectivity index (χ0n) is 10.5. The summed E-state index contributed by atoms with van der Waals surface area (Å²) in [5.41, 5.74) is 4.98. The second-order valence-electron chi connectivity index (χ2n) is 4.88. The molecule has 2 aromatic rings. The number of amides is 1. The molecule has 98 valence electrons. The molecule has 0 saturated heterocycles. The van der Waals surface area contributed by atoms with Gasteiger partial charge >= 0.3 is 0 Å². The van der Waals surface area contributed by atoms with Crippen LogP contribution in [0.25, 0.3) is 0 Å². The van der Waals surface area contributed by atoms with Crippen molar-refractivity contribution in [2.24, 2.45) is 5.84 Å². The Kier molecular flexibility index (Phi) is 3.05. The molecule has 3 N–H and O–H groups in total. The van der Waals surface area contributed by atoms with Crippen LogP contribution in [0.15, 0.2) is 36.5 Å². The second kappa shape index (κ2) is 4.85. The van der Waals surface area contributed by atoms with Crippen molar-refractivity contribution in [2.45, 2.75) is 25.3 Å². The first kappa shape index (κ1) is 11.9. The van der Waals surface area contributed by atoms with E-state index in [0.29, 0.717) is 11.5 Å². The van der Waals surface area contributed by atoms with E-state index in [1.54, 1.807) is 12.1 Å². The van der Waals surface area contributed by atoms with Crippen molar-refractivity contribution in [1.82, 2.24) is 15.2 Å². The minimum absolute atomic E-state index is 0.276. The Morgan fingerprint density at radius 3 is 2.68 bits per heavy atom. The summed E-state index contributed by atoms with van der Waals surface area (Å²) in [5.74, 6) is 5.49. The van der Waals surface area contributed by atoms with Crippen molar-refractivity contribution in [1.29, 1.82) is 0 Å². The molecule has 0 unspecified atom stereocenters. The zero-order chi connectivity index (χ0) is 13.2. The smallest absolute Gasteiger partial charge is 0.265 e. The zero-order valence-corrected chi connectivity index (χ0v) is 10.5. The number of benzene rings is 1. The van der Waals surface area contributed by atoms with Gasteiger partial charge in [-0.25, -0.2) is 5.84 Å². The molecule has 1 aliphatic carbocycles. The van der Waals surface area contributed by atoms with Crippen molar-refractivity contribution in [3.63, 3.8) is 0 Å². The maximum atomic E-state index is 11.3. The van der Waals surface area contributed by atoms with Crippen LogP contribution in [-0.2, 0) is 6.54 Å². The van der Waals surface area contributed by atoms with Gasteiger partial charge in [0.25, 0.3) is 5.91 Å². The Labute approximate surface area is 111 Å². The summed E-state index contributed by atoms with van der Waals surface area (Å²) in [4.78, 5) is 11.3. The number of nitrogens with one attached hydrogen (secondary N) is 1. The van der Waals surface area contributed by atoms with E-state index in [-0.39, 0.29) is 5.91 Å².